The van der Waals surface area contributed by atoms with E-state index in [1.807, 2.05) is 0 Å². The highest BCUT2D eigenvalue weighted by atomic mass is 35.5. The Morgan fingerprint density at radius 1 is 1.75 bits per heavy atom. The van der Waals surface area contributed by atoms with Gasteiger partial charge in [-0.2, -0.15) is 0 Å². The van der Waals surface area contributed by atoms with E-state index in [-0.39, 0.29) is 12.5 Å². The molecule has 0 aliphatic carbocycles. The molecule has 1 aromatic heterocycles. The summed E-state index contributed by atoms with van der Waals surface area (Å²) in [5.74, 6) is -0.152. The van der Waals surface area contributed by atoms with Crippen molar-refractivity contribution in [1.29, 1.82) is 5.41 Å². The molecule has 0 saturated heterocycles. The summed E-state index contributed by atoms with van der Waals surface area (Å²) >= 11 is 11.0. The number of thiocarbonyl (C=S) groups is 1. The summed E-state index contributed by atoms with van der Waals surface area (Å²) in [6, 6.07) is 3.46. The molecule has 0 aromatic carbocycles. The largest absolute Gasteiger partial charge is 0.370 e. The molecule has 0 fully saturated rings. The molecule has 7 heteroatoms. The lowest BCUT2D eigenvalue weighted by Gasteiger charge is -2.22. The highest BCUT2D eigenvalue weighted by Gasteiger charge is 2.14. The van der Waals surface area contributed by atoms with Gasteiger partial charge in [-0.3, -0.25) is 15.3 Å². The van der Waals surface area contributed by atoms with Crippen molar-refractivity contribution in [2.24, 2.45) is 5.73 Å². The first-order valence-electron chi connectivity index (χ1n) is 4.49. The van der Waals surface area contributed by atoms with Crippen LogP contribution in [-0.4, -0.2) is 28.0 Å². The third-order valence-corrected chi connectivity index (χ3v) is 2.66. The second-order valence-electron chi connectivity index (χ2n) is 2.96. The first-order valence-corrected chi connectivity index (χ1v) is 5.27. The minimum atomic E-state index is -0.152. The lowest BCUT2D eigenvalue weighted by Crippen LogP contribution is -2.45. The minimum absolute atomic E-state index is 0.152. The van der Waals surface area contributed by atoms with Crippen LogP contribution in [0.1, 0.15) is 5.69 Å². The van der Waals surface area contributed by atoms with Gasteiger partial charge in [0.15, 0.2) is 11.1 Å². The van der Waals surface area contributed by atoms with E-state index in [0.717, 1.165) is 0 Å². The predicted octanol–water partition coefficient (Wildman–Crippen LogP) is 0.935. The van der Waals surface area contributed by atoms with Crippen LogP contribution in [-0.2, 0) is 6.54 Å². The Balaban J connectivity index is 2.88. The van der Waals surface area contributed by atoms with E-state index in [0.29, 0.717) is 15.8 Å². The number of rotatable bonds is 2. The molecule has 86 valence electrons. The summed E-state index contributed by atoms with van der Waals surface area (Å²) in [6.07, 6.45) is 1.63. The number of nitrogens with one attached hydrogen (secondary N) is 2. The second-order valence-corrected chi connectivity index (χ2v) is 3.75. The molecule has 0 aliphatic rings. The van der Waals surface area contributed by atoms with Crippen molar-refractivity contribution >= 4 is 34.9 Å². The monoisotopic (exact) mass is 257 g/mol. The standard InChI is InChI=1S/C9H12ClN5S/c1-13-9(16)15(8(11)12)5-7-6(10)3-2-4-14-7/h2-4H,5H2,1H3,(H3,11,12)(H,13,16). The smallest absolute Gasteiger partial charge is 0.195 e. The molecular weight excluding hydrogens is 246 g/mol. The van der Waals surface area contributed by atoms with Crippen LogP contribution in [0.5, 0.6) is 0 Å². The number of nitrogens with zero attached hydrogens (tertiary/aromatic N) is 2. The third kappa shape index (κ3) is 3.04. The lowest BCUT2D eigenvalue weighted by atomic mass is 10.3. The van der Waals surface area contributed by atoms with E-state index in [9.17, 15) is 0 Å². The molecule has 0 unspecified atom stereocenters. The van der Waals surface area contributed by atoms with E-state index in [1.165, 1.54) is 4.90 Å². The minimum Gasteiger partial charge on any atom is -0.370 e. The van der Waals surface area contributed by atoms with Crippen molar-refractivity contribution in [3.8, 4) is 0 Å². The zero-order valence-corrected chi connectivity index (χ0v) is 10.3. The Morgan fingerprint density at radius 3 is 2.94 bits per heavy atom. The fourth-order valence-corrected chi connectivity index (χ4v) is 1.43. The molecule has 0 bridgehead atoms. The summed E-state index contributed by atoms with van der Waals surface area (Å²) in [7, 11) is 1.66. The van der Waals surface area contributed by atoms with Gasteiger partial charge < -0.3 is 11.1 Å². The molecular formula is C9H12ClN5S. The van der Waals surface area contributed by atoms with E-state index in [2.05, 4.69) is 10.3 Å². The van der Waals surface area contributed by atoms with Crippen LogP contribution >= 0.6 is 23.8 Å². The second kappa shape index (κ2) is 5.62. The molecule has 4 N–H and O–H groups in total. The van der Waals surface area contributed by atoms with Crippen molar-refractivity contribution in [2.75, 3.05) is 7.05 Å². The average molecular weight is 258 g/mol. The molecule has 0 spiro atoms. The van der Waals surface area contributed by atoms with Crippen molar-refractivity contribution in [1.82, 2.24) is 15.2 Å². The van der Waals surface area contributed by atoms with Crippen molar-refractivity contribution in [3.05, 3.63) is 29.0 Å². The van der Waals surface area contributed by atoms with Crippen LogP contribution in [0.3, 0.4) is 0 Å². The van der Waals surface area contributed by atoms with Crippen LogP contribution in [0.4, 0.5) is 0 Å². The van der Waals surface area contributed by atoms with E-state index >= 15 is 0 Å². The van der Waals surface area contributed by atoms with Gasteiger partial charge in [0, 0.05) is 13.2 Å². The molecule has 16 heavy (non-hydrogen) atoms. The van der Waals surface area contributed by atoms with Crippen LogP contribution in [0.2, 0.25) is 5.02 Å². The van der Waals surface area contributed by atoms with Crippen molar-refractivity contribution < 1.29 is 0 Å². The Bertz CT molecular complexity index is 409. The molecule has 1 aromatic rings. The molecule has 5 nitrogen and oxygen atoms in total. The van der Waals surface area contributed by atoms with Gasteiger partial charge in [-0.25, -0.2) is 0 Å². The Labute approximate surface area is 104 Å². The maximum absolute atomic E-state index is 7.41. The summed E-state index contributed by atoms with van der Waals surface area (Å²) in [5, 5.41) is 11.0. The van der Waals surface area contributed by atoms with Gasteiger partial charge in [0.25, 0.3) is 0 Å². The van der Waals surface area contributed by atoms with Crippen LogP contribution in [0.15, 0.2) is 18.3 Å². The van der Waals surface area contributed by atoms with Gasteiger partial charge in [0.05, 0.1) is 17.3 Å². The Morgan fingerprint density at radius 2 is 2.44 bits per heavy atom. The number of aromatic nitrogens is 1. The van der Waals surface area contributed by atoms with Gasteiger partial charge in [-0.05, 0) is 24.4 Å². The lowest BCUT2D eigenvalue weighted by molar-refractivity contribution is 0.574. The van der Waals surface area contributed by atoms with Crippen LogP contribution < -0.4 is 11.1 Å². The van der Waals surface area contributed by atoms with Crippen LogP contribution in [0, 0.1) is 5.41 Å². The van der Waals surface area contributed by atoms with Gasteiger partial charge in [-0.15, -0.1) is 0 Å². The summed E-state index contributed by atoms with van der Waals surface area (Å²) in [5.41, 5.74) is 6.04. The SMILES string of the molecule is CNC(=S)N(Cc1ncccc1Cl)C(=N)N. The average Bonchev–Trinajstić information content (AvgIpc) is 2.26. The van der Waals surface area contributed by atoms with Gasteiger partial charge in [0.1, 0.15) is 0 Å². The van der Waals surface area contributed by atoms with E-state index in [4.69, 9.17) is 35.0 Å². The zero-order valence-electron chi connectivity index (χ0n) is 8.70. The topological polar surface area (TPSA) is 78.0 Å². The first-order chi connectivity index (χ1) is 7.56. The normalized spacial score (nSPS) is 9.62. The third-order valence-electron chi connectivity index (χ3n) is 1.89. The molecule has 1 heterocycles. The fraction of sp³-hybridized carbons (Fsp3) is 0.222. The number of halogens is 1. The van der Waals surface area contributed by atoms with Gasteiger partial charge in [-0.1, -0.05) is 11.6 Å². The first kappa shape index (κ1) is 12.7. The molecule has 0 amide bonds. The summed E-state index contributed by atoms with van der Waals surface area (Å²) < 4.78 is 0. The fourth-order valence-electron chi connectivity index (χ4n) is 1.09. The Kier molecular flexibility index (Phi) is 4.45. The highest BCUT2D eigenvalue weighted by Crippen LogP contribution is 2.14. The molecule has 0 saturated carbocycles. The molecule has 0 radical (unpaired) electrons. The number of hydrogen-bond acceptors (Lipinski definition) is 3. The van der Waals surface area contributed by atoms with Crippen molar-refractivity contribution in [3.63, 3.8) is 0 Å². The number of hydrogen-bond donors (Lipinski definition) is 3. The van der Waals surface area contributed by atoms with E-state index in [1.54, 1.807) is 25.4 Å². The highest BCUT2D eigenvalue weighted by molar-refractivity contribution is 7.80. The summed E-state index contributed by atoms with van der Waals surface area (Å²) in [4.78, 5) is 5.51. The summed E-state index contributed by atoms with van der Waals surface area (Å²) in [6.45, 7) is 0.272. The van der Waals surface area contributed by atoms with Crippen molar-refractivity contribution in [2.45, 2.75) is 6.54 Å². The van der Waals surface area contributed by atoms with E-state index < -0.39 is 0 Å². The Hall–Kier alpha value is -1.40. The van der Waals surface area contributed by atoms with Gasteiger partial charge >= 0.3 is 0 Å². The van der Waals surface area contributed by atoms with Gasteiger partial charge in [0.2, 0.25) is 0 Å². The zero-order chi connectivity index (χ0) is 12.1. The maximum Gasteiger partial charge on any atom is 0.195 e. The number of nitrogens with two attached hydrogens (primary N) is 1. The quantitative estimate of drug-likeness (QED) is 0.417. The number of guanidine groups is 1. The molecule has 0 aliphatic heterocycles. The number of pyridine rings is 1. The maximum atomic E-state index is 7.41. The molecule has 0 atom stereocenters. The van der Waals surface area contributed by atoms with Crippen LogP contribution in [0.25, 0.3) is 0 Å². The molecule has 1 rings (SSSR count). The predicted molar refractivity (Wildman–Crippen MR) is 68.4 cm³/mol.